The van der Waals surface area contributed by atoms with Gasteiger partial charge >= 0.3 is 0 Å². The number of anilines is 1. The van der Waals surface area contributed by atoms with Crippen molar-refractivity contribution >= 4 is 21.7 Å². The molecule has 1 aromatic heterocycles. The molecule has 0 aliphatic rings. The second-order valence-corrected chi connectivity index (χ2v) is 5.99. The fourth-order valence-corrected chi connectivity index (χ4v) is 2.47. The summed E-state index contributed by atoms with van der Waals surface area (Å²) in [7, 11) is 0. The van der Waals surface area contributed by atoms with Crippen molar-refractivity contribution in [1.29, 1.82) is 5.26 Å². The molecule has 2 N–H and O–H groups in total. The summed E-state index contributed by atoms with van der Waals surface area (Å²) < 4.78 is 13.6. The first-order valence-electron chi connectivity index (χ1n) is 7.54. The molecule has 0 saturated carbocycles. The van der Waals surface area contributed by atoms with Gasteiger partial charge in [-0.3, -0.25) is 0 Å². The number of nitrogens with two attached hydrogens (primary N) is 1. The van der Waals surface area contributed by atoms with E-state index in [4.69, 9.17) is 15.2 Å². The fourth-order valence-electron chi connectivity index (χ4n) is 2.21. The summed E-state index contributed by atoms with van der Waals surface area (Å²) >= 11 is 3.38. The fraction of sp³-hybridized carbons (Fsp3) is 0.111. The average Bonchev–Trinajstić information content (AvgIpc) is 2.96. The van der Waals surface area contributed by atoms with Crippen molar-refractivity contribution in [3.63, 3.8) is 0 Å². The van der Waals surface area contributed by atoms with Crippen molar-refractivity contribution in [1.82, 2.24) is 9.78 Å². The first-order valence-corrected chi connectivity index (χ1v) is 8.33. The maximum absolute atomic E-state index is 9.34. The van der Waals surface area contributed by atoms with Crippen molar-refractivity contribution in [2.45, 2.75) is 0 Å². The molecule has 0 radical (unpaired) electrons. The Morgan fingerprint density at radius 2 is 1.72 bits per heavy atom. The molecule has 0 amide bonds. The molecule has 126 valence electrons. The highest BCUT2D eigenvalue weighted by Crippen LogP contribution is 2.26. The summed E-state index contributed by atoms with van der Waals surface area (Å²) in [5, 5.41) is 13.6. The third kappa shape index (κ3) is 3.92. The van der Waals surface area contributed by atoms with E-state index in [2.05, 4.69) is 21.0 Å². The highest BCUT2D eigenvalue weighted by Gasteiger charge is 2.18. The minimum Gasteiger partial charge on any atom is -0.490 e. The first-order chi connectivity index (χ1) is 12.2. The van der Waals surface area contributed by atoms with Gasteiger partial charge in [-0.05, 0) is 36.4 Å². The number of aromatic nitrogens is 2. The number of hydrogen-bond donors (Lipinski definition) is 1. The number of nitrogen functional groups attached to an aromatic ring is 1. The van der Waals surface area contributed by atoms with E-state index in [0.29, 0.717) is 6.61 Å². The highest BCUT2D eigenvalue weighted by atomic mass is 79.9. The van der Waals surface area contributed by atoms with Gasteiger partial charge in [-0.1, -0.05) is 34.1 Å². The van der Waals surface area contributed by atoms with Gasteiger partial charge in [0, 0.05) is 4.47 Å². The Kier molecular flexibility index (Phi) is 5.21. The van der Waals surface area contributed by atoms with Crippen LogP contribution in [0.25, 0.3) is 5.69 Å². The Morgan fingerprint density at radius 3 is 2.40 bits per heavy atom. The van der Waals surface area contributed by atoms with Crippen LogP contribution in [0.3, 0.4) is 0 Å². The van der Waals surface area contributed by atoms with Gasteiger partial charge in [-0.25, -0.2) is 4.68 Å². The van der Waals surface area contributed by atoms with E-state index in [1.54, 1.807) is 0 Å². The molecule has 6 nitrogen and oxygen atoms in total. The van der Waals surface area contributed by atoms with Gasteiger partial charge in [0.1, 0.15) is 30.9 Å². The maximum atomic E-state index is 9.34. The zero-order valence-electron chi connectivity index (χ0n) is 13.2. The largest absolute Gasteiger partial charge is 0.490 e. The van der Waals surface area contributed by atoms with E-state index >= 15 is 0 Å². The predicted octanol–water partition coefficient (Wildman–Crippen LogP) is 3.55. The Bertz CT molecular complexity index is 886. The topological polar surface area (TPSA) is 86.1 Å². The van der Waals surface area contributed by atoms with Crippen molar-refractivity contribution in [3.8, 4) is 23.4 Å². The molecule has 0 fully saturated rings. The van der Waals surface area contributed by atoms with E-state index in [-0.39, 0.29) is 23.9 Å². The van der Waals surface area contributed by atoms with Gasteiger partial charge in [0.05, 0.1) is 5.69 Å². The summed E-state index contributed by atoms with van der Waals surface area (Å²) in [6, 6.07) is 18.9. The lowest BCUT2D eigenvalue weighted by atomic mass is 10.3. The highest BCUT2D eigenvalue weighted by molar-refractivity contribution is 9.10. The van der Waals surface area contributed by atoms with E-state index < -0.39 is 0 Å². The van der Waals surface area contributed by atoms with Crippen LogP contribution >= 0.6 is 15.9 Å². The molecular formula is C18H15BrN4O2. The molecule has 7 heteroatoms. The molecule has 0 aliphatic carbocycles. The summed E-state index contributed by atoms with van der Waals surface area (Å²) in [6.07, 6.45) is 0. The molecule has 0 unspecified atom stereocenters. The Morgan fingerprint density at radius 1 is 1.04 bits per heavy atom. The first kappa shape index (κ1) is 16.9. The summed E-state index contributed by atoms with van der Waals surface area (Å²) in [4.78, 5) is 0. The van der Waals surface area contributed by atoms with Crippen LogP contribution < -0.4 is 15.2 Å². The lowest BCUT2D eigenvalue weighted by Gasteiger charge is -2.06. The number of hydrogen-bond acceptors (Lipinski definition) is 5. The second kappa shape index (κ2) is 7.73. The van der Waals surface area contributed by atoms with Crippen molar-refractivity contribution in [2.24, 2.45) is 0 Å². The average molecular weight is 399 g/mol. The van der Waals surface area contributed by atoms with Gasteiger partial charge in [-0.2, -0.15) is 5.26 Å². The summed E-state index contributed by atoms with van der Waals surface area (Å²) in [5.74, 6) is 1.19. The SMILES string of the molecule is N#Cc1c(OCCOc2ccccc2)nn(-c2ccc(Br)cc2)c1N. The number of rotatable bonds is 6. The lowest BCUT2D eigenvalue weighted by molar-refractivity contribution is 0.211. The molecule has 3 aromatic rings. The predicted molar refractivity (Wildman–Crippen MR) is 97.8 cm³/mol. The molecule has 0 saturated heterocycles. The number of nitrogens with zero attached hydrogens (tertiary/aromatic N) is 3. The number of halogens is 1. The van der Waals surface area contributed by atoms with E-state index in [1.807, 2.05) is 60.7 Å². The monoisotopic (exact) mass is 398 g/mol. The van der Waals surface area contributed by atoms with Gasteiger partial charge < -0.3 is 15.2 Å². The lowest BCUT2D eigenvalue weighted by Crippen LogP contribution is -2.10. The van der Waals surface area contributed by atoms with Crippen molar-refractivity contribution in [2.75, 3.05) is 18.9 Å². The molecule has 2 aromatic carbocycles. The van der Waals surface area contributed by atoms with Crippen LogP contribution in [0.2, 0.25) is 0 Å². The van der Waals surface area contributed by atoms with Crippen LogP contribution in [0, 0.1) is 11.3 Å². The van der Waals surface area contributed by atoms with E-state index in [0.717, 1.165) is 15.9 Å². The number of ether oxygens (including phenoxy) is 2. The molecule has 25 heavy (non-hydrogen) atoms. The summed E-state index contributed by atoms with van der Waals surface area (Å²) in [5.41, 5.74) is 6.99. The molecule has 0 spiro atoms. The van der Waals surface area contributed by atoms with Gasteiger partial charge in [0.15, 0.2) is 5.56 Å². The van der Waals surface area contributed by atoms with Crippen LogP contribution in [0.1, 0.15) is 5.56 Å². The van der Waals surface area contributed by atoms with Crippen LogP contribution in [-0.2, 0) is 0 Å². The van der Waals surface area contributed by atoms with Gasteiger partial charge in [0.25, 0.3) is 5.88 Å². The van der Waals surface area contributed by atoms with Crippen molar-refractivity contribution < 1.29 is 9.47 Å². The Labute approximate surface area is 153 Å². The van der Waals surface area contributed by atoms with Gasteiger partial charge in [-0.15, -0.1) is 5.10 Å². The summed E-state index contributed by atoms with van der Waals surface area (Å²) in [6.45, 7) is 0.584. The molecular weight excluding hydrogens is 384 g/mol. The minimum absolute atomic E-state index is 0.194. The number of nitriles is 1. The van der Waals surface area contributed by atoms with E-state index in [1.165, 1.54) is 4.68 Å². The van der Waals surface area contributed by atoms with Crippen LogP contribution in [-0.4, -0.2) is 23.0 Å². The molecule has 0 atom stereocenters. The zero-order chi connectivity index (χ0) is 17.6. The van der Waals surface area contributed by atoms with Crippen LogP contribution in [0.15, 0.2) is 59.1 Å². The molecule has 3 rings (SSSR count). The molecule has 0 bridgehead atoms. The standard InChI is InChI=1S/C18H15BrN4O2/c19-13-6-8-14(9-7-13)23-17(21)16(12-20)18(22-23)25-11-10-24-15-4-2-1-3-5-15/h1-9H,10-11,21H2. The third-order valence-corrected chi connectivity index (χ3v) is 3.93. The maximum Gasteiger partial charge on any atom is 0.253 e. The zero-order valence-corrected chi connectivity index (χ0v) is 14.8. The minimum atomic E-state index is 0.194. The second-order valence-electron chi connectivity index (χ2n) is 5.08. The Hall–Kier alpha value is -2.98. The van der Waals surface area contributed by atoms with Crippen molar-refractivity contribution in [3.05, 3.63) is 64.6 Å². The molecule has 1 heterocycles. The Balaban J connectivity index is 1.70. The molecule has 0 aliphatic heterocycles. The number of para-hydroxylation sites is 1. The smallest absolute Gasteiger partial charge is 0.253 e. The quantitative estimate of drug-likeness (QED) is 0.641. The number of benzene rings is 2. The van der Waals surface area contributed by atoms with Crippen LogP contribution in [0.5, 0.6) is 11.6 Å². The third-order valence-electron chi connectivity index (χ3n) is 3.41. The normalized spacial score (nSPS) is 10.2. The van der Waals surface area contributed by atoms with Crippen LogP contribution in [0.4, 0.5) is 5.82 Å². The van der Waals surface area contributed by atoms with E-state index in [9.17, 15) is 5.26 Å². The van der Waals surface area contributed by atoms with Gasteiger partial charge in [0.2, 0.25) is 0 Å².